The van der Waals surface area contributed by atoms with Crippen molar-refractivity contribution in [2.75, 3.05) is 10.6 Å². The molecule has 0 atom stereocenters. The molecule has 0 saturated heterocycles. The van der Waals surface area contributed by atoms with Crippen LogP contribution in [0.25, 0.3) is 0 Å². The number of rotatable bonds is 4. The molecular formula is C13H11BrClNO2. The van der Waals surface area contributed by atoms with Crippen LogP contribution >= 0.6 is 27.5 Å². The SMILES string of the molecule is O=C(Nc1ccc(CCBr)cc1)c1ccc(Cl)o1. The van der Waals surface area contributed by atoms with Gasteiger partial charge in [0.05, 0.1) is 0 Å². The molecular weight excluding hydrogens is 318 g/mol. The zero-order valence-corrected chi connectivity index (χ0v) is 11.8. The van der Waals surface area contributed by atoms with Crippen molar-refractivity contribution in [3.8, 4) is 0 Å². The Morgan fingerprint density at radius 2 is 1.94 bits per heavy atom. The van der Waals surface area contributed by atoms with Crippen molar-refractivity contribution in [3.05, 3.63) is 52.9 Å². The molecule has 0 saturated carbocycles. The summed E-state index contributed by atoms with van der Waals surface area (Å²) in [5.74, 6) is -0.111. The standard InChI is InChI=1S/C13H11BrClNO2/c14-8-7-9-1-3-10(4-2-9)16-13(17)11-5-6-12(15)18-11/h1-6H,7-8H2,(H,16,17). The van der Waals surface area contributed by atoms with E-state index in [0.29, 0.717) is 0 Å². The number of benzene rings is 1. The molecule has 3 nitrogen and oxygen atoms in total. The van der Waals surface area contributed by atoms with Gasteiger partial charge < -0.3 is 9.73 Å². The van der Waals surface area contributed by atoms with Crippen LogP contribution in [0.5, 0.6) is 0 Å². The van der Waals surface area contributed by atoms with Crippen LogP contribution in [0.2, 0.25) is 5.22 Å². The number of nitrogens with one attached hydrogen (secondary N) is 1. The summed E-state index contributed by atoms with van der Waals surface area (Å²) >= 11 is 9.00. The summed E-state index contributed by atoms with van der Waals surface area (Å²) in [4.78, 5) is 11.8. The maximum Gasteiger partial charge on any atom is 0.291 e. The van der Waals surface area contributed by atoms with Crippen molar-refractivity contribution >= 4 is 39.1 Å². The van der Waals surface area contributed by atoms with Gasteiger partial charge in [0.1, 0.15) is 0 Å². The van der Waals surface area contributed by atoms with Crippen LogP contribution in [0, 0.1) is 0 Å². The van der Waals surface area contributed by atoms with Crippen molar-refractivity contribution in [1.82, 2.24) is 0 Å². The Hall–Kier alpha value is -1.26. The van der Waals surface area contributed by atoms with Crippen molar-refractivity contribution in [3.63, 3.8) is 0 Å². The van der Waals surface area contributed by atoms with Crippen LogP contribution < -0.4 is 5.32 Å². The highest BCUT2D eigenvalue weighted by Gasteiger charge is 2.10. The Balaban J connectivity index is 2.03. The fourth-order valence-corrected chi connectivity index (χ4v) is 2.10. The number of hydrogen-bond acceptors (Lipinski definition) is 2. The van der Waals surface area contributed by atoms with E-state index >= 15 is 0 Å². The molecule has 1 heterocycles. The van der Waals surface area contributed by atoms with Crippen LogP contribution in [-0.4, -0.2) is 11.2 Å². The van der Waals surface area contributed by atoms with Crippen LogP contribution in [0.15, 0.2) is 40.8 Å². The third-order valence-corrected chi connectivity index (χ3v) is 2.99. The minimum atomic E-state index is -0.310. The van der Waals surface area contributed by atoms with Crippen LogP contribution in [0.4, 0.5) is 5.69 Å². The Bertz CT molecular complexity index is 536. The number of carbonyl (C=O) groups is 1. The minimum Gasteiger partial charge on any atom is -0.440 e. The summed E-state index contributed by atoms with van der Waals surface area (Å²) in [6.45, 7) is 0. The zero-order valence-electron chi connectivity index (χ0n) is 9.45. The van der Waals surface area contributed by atoms with Gasteiger partial charge in [0.2, 0.25) is 0 Å². The van der Waals surface area contributed by atoms with Gasteiger partial charge in [0, 0.05) is 11.0 Å². The molecule has 2 rings (SSSR count). The average molecular weight is 329 g/mol. The molecule has 0 spiro atoms. The van der Waals surface area contributed by atoms with Crippen molar-refractivity contribution in [2.45, 2.75) is 6.42 Å². The van der Waals surface area contributed by atoms with Crippen LogP contribution in [0.3, 0.4) is 0 Å². The highest BCUT2D eigenvalue weighted by atomic mass is 79.9. The van der Waals surface area contributed by atoms with Gasteiger partial charge in [-0.05, 0) is 47.9 Å². The third kappa shape index (κ3) is 3.37. The molecule has 2 aromatic rings. The number of alkyl halides is 1. The van der Waals surface area contributed by atoms with E-state index in [1.807, 2.05) is 24.3 Å². The molecule has 0 radical (unpaired) electrons. The molecule has 0 unspecified atom stereocenters. The lowest BCUT2D eigenvalue weighted by Crippen LogP contribution is -2.10. The minimum absolute atomic E-state index is 0.199. The number of furan rings is 1. The normalized spacial score (nSPS) is 10.3. The zero-order chi connectivity index (χ0) is 13.0. The van der Waals surface area contributed by atoms with Gasteiger partial charge in [-0.3, -0.25) is 4.79 Å². The fourth-order valence-electron chi connectivity index (χ4n) is 1.49. The van der Waals surface area contributed by atoms with Gasteiger partial charge in [-0.15, -0.1) is 0 Å². The van der Waals surface area contributed by atoms with Crippen molar-refractivity contribution in [1.29, 1.82) is 0 Å². The lowest BCUT2D eigenvalue weighted by molar-refractivity contribution is 0.0997. The average Bonchev–Trinajstić information content (AvgIpc) is 2.79. The molecule has 0 bridgehead atoms. The summed E-state index contributed by atoms with van der Waals surface area (Å²) in [5, 5.41) is 3.86. The van der Waals surface area contributed by atoms with Gasteiger partial charge in [-0.2, -0.15) is 0 Å². The second kappa shape index (κ2) is 6.07. The van der Waals surface area contributed by atoms with Gasteiger partial charge in [-0.25, -0.2) is 0 Å². The van der Waals surface area contributed by atoms with E-state index in [9.17, 15) is 4.79 Å². The lowest BCUT2D eigenvalue weighted by atomic mass is 10.1. The van der Waals surface area contributed by atoms with E-state index in [1.54, 1.807) is 0 Å². The van der Waals surface area contributed by atoms with Crippen molar-refractivity contribution < 1.29 is 9.21 Å². The van der Waals surface area contributed by atoms with Gasteiger partial charge in [0.25, 0.3) is 5.91 Å². The number of hydrogen-bond donors (Lipinski definition) is 1. The lowest BCUT2D eigenvalue weighted by Gasteiger charge is -2.04. The van der Waals surface area contributed by atoms with Gasteiger partial charge in [-0.1, -0.05) is 28.1 Å². The first-order valence-corrected chi connectivity index (χ1v) is 6.90. The first-order chi connectivity index (χ1) is 8.69. The van der Waals surface area contributed by atoms with Crippen LogP contribution in [-0.2, 0) is 6.42 Å². The smallest absolute Gasteiger partial charge is 0.291 e. The molecule has 1 aromatic carbocycles. The quantitative estimate of drug-likeness (QED) is 0.858. The number of anilines is 1. The highest BCUT2D eigenvalue weighted by molar-refractivity contribution is 9.09. The molecule has 0 fully saturated rings. The summed E-state index contributed by atoms with van der Waals surface area (Å²) in [5.41, 5.74) is 1.94. The number of halogens is 2. The van der Waals surface area contributed by atoms with E-state index in [2.05, 4.69) is 21.2 Å². The second-order valence-electron chi connectivity index (χ2n) is 3.69. The Morgan fingerprint density at radius 1 is 1.22 bits per heavy atom. The first-order valence-electron chi connectivity index (χ1n) is 5.40. The first kappa shape index (κ1) is 13.2. The molecule has 1 amide bonds. The summed E-state index contributed by atoms with van der Waals surface area (Å²) in [6.07, 6.45) is 0.960. The Morgan fingerprint density at radius 3 is 2.50 bits per heavy atom. The number of carbonyl (C=O) groups excluding carboxylic acids is 1. The molecule has 94 valence electrons. The highest BCUT2D eigenvalue weighted by Crippen LogP contribution is 2.16. The molecule has 0 aliphatic rings. The summed E-state index contributed by atoms with van der Waals surface area (Å²) < 4.78 is 5.03. The molecule has 1 N–H and O–H groups in total. The van der Waals surface area contributed by atoms with Crippen LogP contribution in [0.1, 0.15) is 16.1 Å². The van der Waals surface area contributed by atoms with Gasteiger partial charge in [0.15, 0.2) is 11.0 Å². The number of aryl methyl sites for hydroxylation is 1. The Labute approximate surface area is 118 Å². The molecule has 1 aromatic heterocycles. The van der Waals surface area contributed by atoms with E-state index in [4.69, 9.17) is 16.0 Å². The maximum absolute atomic E-state index is 11.8. The van der Waals surface area contributed by atoms with Crippen molar-refractivity contribution in [2.24, 2.45) is 0 Å². The van der Waals surface area contributed by atoms with E-state index < -0.39 is 0 Å². The fraction of sp³-hybridized carbons (Fsp3) is 0.154. The summed E-state index contributed by atoms with van der Waals surface area (Å²) in [7, 11) is 0. The second-order valence-corrected chi connectivity index (χ2v) is 4.86. The van der Waals surface area contributed by atoms with Gasteiger partial charge >= 0.3 is 0 Å². The predicted octanol–water partition coefficient (Wildman–Crippen LogP) is 4.12. The van der Waals surface area contributed by atoms with E-state index in [0.717, 1.165) is 17.4 Å². The number of amides is 1. The third-order valence-electron chi connectivity index (χ3n) is 2.39. The molecule has 18 heavy (non-hydrogen) atoms. The largest absolute Gasteiger partial charge is 0.440 e. The predicted molar refractivity (Wildman–Crippen MR) is 75.6 cm³/mol. The molecule has 5 heteroatoms. The van der Waals surface area contributed by atoms with E-state index in [-0.39, 0.29) is 16.9 Å². The summed E-state index contributed by atoms with van der Waals surface area (Å²) in [6, 6.07) is 10.8. The van der Waals surface area contributed by atoms with E-state index in [1.165, 1.54) is 17.7 Å². The molecule has 0 aliphatic carbocycles. The topological polar surface area (TPSA) is 42.2 Å². The Kier molecular flexibility index (Phi) is 4.44. The maximum atomic E-state index is 11.8. The molecule has 0 aliphatic heterocycles. The monoisotopic (exact) mass is 327 g/mol.